The van der Waals surface area contributed by atoms with E-state index in [1.165, 1.54) is 12.8 Å². The Morgan fingerprint density at radius 1 is 1.07 bits per heavy atom. The van der Waals surface area contributed by atoms with Crippen LogP contribution in [0.5, 0.6) is 0 Å². The Kier molecular flexibility index (Phi) is 5.14. The zero-order valence-corrected chi connectivity index (χ0v) is 11.2. The van der Waals surface area contributed by atoms with Gasteiger partial charge in [0.25, 0.3) is 0 Å². The van der Waals surface area contributed by atoms with Crippen molar-refractivity contribution in [3.8, 4) is 0 Å². The third kappa shape index (κ3) is 4.45. The quantitative estimate of drug-likeness (QED) is 0.685. The molecule has 0 aliphatic carbocycles. The maximum Gasteiger partial charge on any atom is 0.0127 e. The molecule has 1 heteroatoms. The van der Waals surface area contributed by atoms with Crippen molar-refractivity contribution < 1.29 is 0 Å². The van der Waals surface area contributed by atoms with Crippen LogP contribution in [-0.2, 0) is 0 Å². The minimum Gasteiger partial charge on any atom is -0.312 e. The summed E-state index contributed by atoms with van der Waals surface area (Å²) in [5, 5.41) is 3.55. The van der Waals surface area contributed by atoms with E-state index in [1.807, 2.05) is 0 Å². The number of rotatable bonds is 6. The highest BCUT2D eigenvalue weighted by Gasteiger charge is 2.29. The van der Waals surface area contributed by atoms with Gasteiger partial charge in [0.1, 0.15) is 0 Å². The second kappa shape index (κ2) is 5.16. The van der Waals surface area contributed by atoms with Crippen molar-refractivity contribution in [1.29, 1.82) is 0 Å². The fraction of sp³-hybridized carbons (Fsp3) is 1.00. The van der Waals surface area contributed by atoms with Gasteiger partial charge in [-0.05, 0) is 38.1 Å². The number of hydrogen-bond acceptors (Lipinski definition) is 1. The lowest BCUT2D eigenvalue weighted by Gasteiger charge is -2.37. The smallest absolute Gasteiger partial charge is 0.0127 e. The first-order valence-corrected chi connectivity index (χ1v) is 6.00. The van der Waals surface area contributed by atoms with Crippen LogP contribution < -0.4 is 5.32 Å². The van der Waals surface area contributed by atoms with Crippen molar-refractivity contribution in [3.05, 3.63) is 0 Å². The van der Waals surface area contributed by atoms with E-state index in [9.17, 15) is 0 Å². The molecule has 0 aromatic rings. The van der Waals surface area contributed by atoms with Crippen LogP contribution in [0.2, 0.25) is 0 Å². The summed E-state index contributed by atoms with van der Waals surface area (Å²) in [6.07, 6.45) is 2.51. The van der Waals surface area contributed by atoms with Gasteiger partial charge in [-0.1, -0.05) is 41.0 Å². The van der Waals surface area contributed by atoms with Crippen LogP contribution in [0.15, 0.2) is 0 Å². The minimum atomic E-state index is 0.278. The molecule has 0 amide bonds. The zero-order chi connectivity index (χ0) is 11.4. The molecule has 0 fully saturated rings. The Hall–Kier alpha value is -0.0400. The van der Waals surface area contributed by atoms with Gasteiger partial charge in [-0.3, -0.25) is 0 Å². The van der Waals surface area contributed by atoms with E-state index in [4.69, 9.17) is 0 Å². The van der Waals surface area contributed by atoms with E-state index >= 15 is 0 Å². The summed E-state index contributed by atoms with van der Waals surface area (Å²) in [6, 6.07) is 0. The molecule has 14 heavy (non-hydrogen) atoms. The second-order valence-electron chi connectivity index (χ2n) is 5.86. The van der Waals surface area contributed by atoms with Crippen LogP contribution >= 0.6 is 0 Å². The first-order chi connectivity index (χ1) is 6.25. The molecule has 0 radical (unpaired) electrons. The van der Waals surface area contributed by atoms with E-state index in [0.29, 0.717) is 5.41 Å². The van der Waals surface area contributed by atoms with Crippen molar-refractivity contribution in [3.63, 3.8) is 0 Å². The molecule has 0 spiro atoms. The summed E-state index contributed by atoms with van der Waals surface area (Å²) in [4.78, 5) is 0. The van der Waals surface area contributed by atoms with Gasteiger partial charge in [-0.25, -0.2) is 0 Å². The zero-order valence-electron chi connectivity index (χ0n) is 11.2. The second-order valence-corrected chi connectivity index (χ2v) is 5.86. The van der Waals surface area contributed by atoms with Gasteiger partial charge in [0.15, 0.2) is 0 Å². The van der Waals surface area contributed by atoms with Gasteiger partial charge in [0.05, 0.1) is 0 Å². The largest absolute Gasteiger partial charge is 0.312 e. The Labute approximate surface area is 90.7 Å². The highest BCUT2D eigenvalue weighted by Crippen LogP contribution is 2.35. The van der Waals surface area contributed by atoms with Crippen molar-refractivity contribution in [2.45, 2.75) is 66.8 Å². The lowest BCUT2D eigenvalue weighted by atomic mass is 9.72. The highest BCUT2D eigenvalue weighted by molar-refractivity contribution is 4.84. The standard InChI is InChI=1S/C13H29N/c1-8-12(4,5)11(3)10-13(6,7)14-9-2/h11,14H,8-10H2,1-7H3. The number of hydrogen-bond donors (Lipinski definition) is 1. The first kappa shape index (κ1) is 14.0. The third-order valence-corrected chi connectivity index (χ3v) is 3.72. The van der Waals surface area contributed by atoms with Gasteiger partial charge >= 0.3 is 0 Å². The molecular formula is C13H29N. The Balaban J connectivity index is 4.23. The molecule has 0 aliphatic rings. The Morgan fingerprint density at radius 3 is 1.93 bits per heavy atom. The normalized spacial score (nSPS) is 15.6. The van der Waals surface area contributed by atoms with Gasteiger partial charge in [-0.15, -0.1) is 0 Å². The maximum absolute atomic E-state index is 3.55. The summed E-state index contributed by atoms with van der Waals surface area (Å²) in [7, 11) is 0. The molecule has 0 aromatic carbocycles. The molecule has 0 saturated heterocycles. The molecule has 0 aromatic heterocycles. The van der Waals surface area contributed by atoms with Gasteiger partial charge < -0.3 is 5.32 Å². The van der Waals surface area contributed by atoms with Crippen molar-refractivity contribution in [1.82, 2.24) is 5.32 Å². The lowest BCUT2D eigenvalue weighted by molar-refractivity contribution is 0.166. The fourth-order valence-electron chi connectivity index (χ4n) is 1.94. The summed E-state index contributed by atoms with van der Waals surface area (Å²) in [5.74, 6) is 0.765. The van der Waals surface area contributed by atoms with E-state index in [0.717, 1.165) is 12.5 Å². The Bertz CT molecular complexity index is 159. The monoisotopic (exact) mass is 199 g/mol. The van der Waals surface area contributed by atoms with Crippen LogP contribution in [0, 0.1) is 11.3 Å². The van der Waals surface area contributed by atoms with E-state index < -0.39 is 0 Å². The summed E-state index contributed by atoms with van der Waals surface area (Å²) in [5.41, 5.74) is 0.743. The van der Waals surface area contributed by atoms with Crippen molar-refractivity contribution in [2.24, 2.45) is 11.3 Å². The fourth-order valence-corrected chi connectivity index (χ4v) is 1.94. The molecule has 0 heterocycles. The van der Waals surface area contributed by atoms with E-state index in [1.54, 1.807) is 0 Å². The molecule has 0 saturated carbocycles. The van der Waals surface area contributed by atoms with Gasteiger partial charge in [-0.2, -0.15) is 0 Å². The highest BCUT2D eigenvalue weighted by atomic mass is 14.9. The SMILES string of the molecule is CCNC(C)(C)CC(C)C(C)(C)CC. The molecule has 1 N–H and O–H groups in total. The number of nitrogens with one attached hydrogen (secondary N) is 1. The van der Waals surface area contributed by atoms with Gasteiger partial charge in [0, 0.05) is 5.54 Å². The predicted octanol–water partition coefficient (Wildman–Crippen LogP) is 3.84. The molecule has 0 aliphatic heterocycles. The third-order valence-electron chi connectivity index (χ3n) is 3.72. The molecular weight excluding hydrogens is 170 g/mol. The minimum absolute atomic E-state index is 0.278. The van der Waals surface area contributed by atoms with Crippen LogP contribution in [0.1, 0.15) is 61.3 Å². The average molecular weight is 199 g/mol. The Morgan fingerprint density at radius 2 is 1.57 bits per heavy atom. The molecule has 0 bridgehead atoms. The molecule has 1 unspecified atom stereocenters. The lowest BCUT2D eigenvalue weighted by Crippen LogP contribution is -2.42. The topological polar surface area (TPSA) is 12.0 Å². The van der Waals surface area contributed by atoms with E-state index in [-0.39, 0.29) is 5.54 Å². The summed E-state index contributed by atoms with van der Waals surface area (Å²) in [6.45, 7) is 17.3. The van der Waals surface area contributed by atoms with Crippen LogP contribution in [-0.4, -0.2) is 12.1 Å². The molecule has 1 nitrogen and oxygen atoms in total. The van der Waals surface area contributed by atoms with Crippen molar-refractivity contribution >= 4 is 0 Å². The molecule has 0 rings (SSSR count). The van der Waals surface area contributed by atoms with Crippen molar-refractivity contribution in [2.75, 3.05) is 6.54 Å². The summed E-state index contributed by atoms with van der Waals surface area (Å²) < 4.78 is 0. The maximum atomic E-state index is 3.55. The molecule has 1 atom stereocenters. The van der Waals surface area contributed by atoms with Crippen LogP contribution in [0.4, 0.5) is 0 Å². The first-order valence-electron chi connectivity index (χ1n) is 6.00. The predicted molar refractivity (Wildman–Crippen MR) is 65.6 cm³/mol. The molecule has 86 valence electrons. The van der Waals surface area contributed by atoms with Gasteiger partial charge in [0.2, 0.25) is 0 Å². The van der Waals surface area contributed by atoms with Crippen LogP contribution in [0.25, 0.3) is 0 Å². The van der Waals surface area contributed by atoms with E-state index in [2.05, 4.69) is 53.8 Å². The summed E-state index contributed by atoms with van der Waals surface area (Å²) >= 11 is 0. The average Bonchev–Trinajstić information content (AvgIpc) is 2.03. The van der Waals surface area contributed by atoms with Crippen LogP contribution in [0.3, 0.4) is 0 Å².